The Balaban J connectivity index is 1.56. The van der Waals surface area contributed by atoms with Gasteiger partial charge in [0.1, 0.15) is 6.10 Å². The number of hydrogen-bond donors (Lipinski definition) is 1. The number of alkyl halides is 3. The first-order valence-corrected chi connectivity index (χ1v) is 7.13. The molecule has 1 N–H and O–H groups in total. The van der Waals surface area contributed by atoms with Crippen molar-refractivity contribution in [1.82, 2.24) is 5.32 Å². The second kappa shape index (κ2) is 5.67. The summed E-state index contributed by atoms with van der Waals surface area (Å²) in [5.74, 6) is 0.754. The van der Waals surface area contributed by atoms with Gasteiger partial charge in [-0.2, -0.15) is 13.2 Å². The van der Waals surface area contributed by atoms with E-state index in [4.69, 9.17) is 4.74 Å². The second-order valence-corrected chi connectivity index (χ2v) is 5.47. The van der Waals surface area contributed by atoms with Gasteiger partial charge in [0.15, 0.2) is 0 Å². The van der Waals surface area contributed by atoms with Crippen LogP contribution in [0.1, 0.15) is 24.0 Å². The van der Waals surface area contributed by atoms with Crippen LogP contribution in [-0.4, -0.2) is 31.1 Å². The van der Waals surface area contributed by atoms with Crippen molar-refractivity contribution in [3.8, 4) is 0 Å². The van der Waals surface area contributed by atoms with E-state index in [0.29, 0.717) is 13.0 Å². The molecule has 0 saturated carbocycles. The summed E-state index contributed by atoms with van der Waals surface area (Å²) in [6.07, 6.45) is -1.62. The molecule has 0 spiro atoms. The minimum atomic E-state index is -4.28. The fourth-order valence-corrected chi connectivity index (χ4v) is 2.72. The number of rotatable bonds is 3. The van der Waals surface area contributed by atoms with Crippen molar-refractivity contribution in [1.29, 1.82) is 0 Å². The fourth-order valence-electron chi connectivity index (χ4n) is 2.72. The Kier molecular flexibility index (Phi) is 3.89. The van der Waals surface area contributed by atoms with Crippen LogP contribution in [0.2, 0.25) is 0 Å². The highest BCUT2D eigenvalue weighted by molar-refractivity contribution is 5.83. The van der Waals surface area contributed by atoms with Crippen LogP contribution in [-0.2, 0) is 17.3 Å². The highest BCUT2D eigenvalue weighted by Gasteiger charge is 2.31. The third kappa shape index (κ3) is 3.37. The number of hydrogen-bond acceptors (Lipinski definition) is 3. The van der Waals surface area contributed by atoms with E-state index in [1.807, 2.05) is 0 Å². The molecule has 0 amide bonds. The van der Waals surface area contributed by atoms with Gasteiger partial charge in [-0.05, 0) is 37.1 Å². The van der Waals surface area contributed by atoms with Gasteiger partial charge in [0.25, 0.3) is 0 Å². The molecule has 2 heterocycles. The molecule has 3 nitrogen and oxygen atoms in total. The molecular formula is C15H17F3N2O. The number of nitrogens with zero attached hydrogens (tertiary/aromatic N) is 1. The molecule has 0 aromatic heterocycles. The smallest absolute Gasteiger partial charge is 0.416 e. The zero-order chi connectivity index (χ0) is 14.9. The van der Waals surface area contributed by atoms with Gasteiger partial charge in [0.2, 0.25) is 5.90 Å². The van der Waals surface area contributed by atoms with E-state index >= 15 is 0 Å². The summed E-state index contributed by atoms with van der Waals surface area (Å²) in [7, 11) is 0. The van der Waals surface area contributed by atoms with Crippen LogP contribution in [0, 0.1) is 0 Å². The molecule has 3 rings (SSSR count). The van der Waals surface area contributed by atoms with E-state index in [1.165, 1.54) is 12.1 Å². The minimum absolute atomic E-state index is 0.0702. The van der Waals surface area contributed by atoms with E-state index < -0.39 is 11.7 Å². The van der Waals surface area contributed by atoms with Gasteiger partial charge in [-0.25, -0.2) is 0 Å². The lowest BCUT2D eigenvalue weighted by Crippen LogP contribution is -2.32. The number of halogens is 3. The Hall–Kier alpha value is -1.56. The first-order chi connectivity index (χ1) is 10.0. The Morgan fingerprint density at radius 3 is 2.62 bits per heavy atom. The molecule has 1 fully saturated rings. The molecule has 1 aromatic rings. The van der Waals surface area contributed by atoms with E-state index in [2.05, 4.69) is 10.3 Å². The van der Waals surface area contributed by atoms with Crippen LogP contribution in [0.5, 0.6) is 0 Å². The summed E-state index contributed by atoms with van der Waals surface area (Å²) < 4.78 is 43.3. The van der Waals surface area contributed by atoms with Crippen molar-refractivity contribution in [2.24, 2.45) is 4.99 Å². The maximum atomic E-state index is 12.5. The lowest BCUT2D eigenvalue weighted by atomic mass is 10.1. The van der Waals surface area contributed by atoms with Crippen molar-refractivity contribution in [2.75, 3.05) is 13.1 Å². The zero-order valence-corrected chi connectivity index (χ0v) is 11.5. The molecule has 0 radical (unpaired) electrons. The number of aliphatic imine (C=N–C) groups is 1. The largest absolute Gasteiger partial charge is 0.474 e. The second-order valence-electron chi connectivity index (χ2n) is 5.47. The van der Waals surface area contributed by atoms with Gasteiger partial charge in [-0.15, -0.1) is 0 Å². The van der Waals surface area contributed by atoms with Gasteiger partial charge >= 0.3 is 6.18 Å². The first kappa shape index (κ1) is 14.4. The standard InChI is InChI=1S/C15H17F3N2O/c16-15(17,18)11-5-3-10(4-6-11)8-12-9-20-14(21-12)13-2-1-7-19-13/h3-6,12-13,19H,1-2,7-9H2. The van der Waals surface area contributed by atoms with Crippen molar-refractivity contribution in [2.45, 2.75) is 37.6 Å². The van der Waals surface area contributed by atoms with E-state index in [9.17, 15) is 13.2 Å². The molecule has 2 atom stereocenters. The van der Waals surface area contributed by atoms with Crippen molar-refractivity contribution < 1.29 is 17.9 Å². The topological polar surface area (TPSA) is 33.6 Å². The number of benzene rings is 1. The third-order valence-corrected chi connectivity index (χ3v) is 3.84. The maximum Gasteiger partial charge on any atom is 0.416 e. The fraction of sp³-hybridized carbons (Fsp3) is 0.533. The monoisotopic (exact) mass is 298 g/mol. The molecule has 2 unspecified atom stereocenters. The summed E-state index contributed by atoms with van der Waals surface area (Å²) in [5.41, 5.74) is 0.217. The lowest BCUT2D eigenvalue weighted by molar-refractivity contribution is -0.137. The van der Waals surface area contributed by atoms with Crippen LogP contribution in [0.25, 0.3) is 0 Å². The van der Waals surface area contributed by atoms with E-state index in [-0.39, 0.29) is 12.1 Å². The average Bonchev–Trinajstić information content (AvgIpc) is 3.08. The molecule has 1 aromatic carbocycles. The predicted octanol–water partition coefficient (Wildman–Crippen LogP) is 2.80. The molecule has 114 valence electrons. The Bertz CT molecular complexity index is 519. The van der Waals surface area contributed by atoms with E-state index in [0.717, 1.165) is 43.0 Å². The van der Waals surface area contributed by atoms with Gasteiger partial charge in [0, 0.05) is 6.42 Å². The number of ether oxygens (including phenoxy) is 1. The van der Waals surface area contributed by atoms with Crippen LogP contribution < -0.4 is 5.32 Å². The number of nitrogens with one attached hydrogen (secondary N) is 1. The lowest BCUT2D eigenvalue weighted by Gasteiger charge is -2.15. The van der Waals surface area contributed by atoms with Crippen molar-refractivity contribution in [3.05, 3.63) is 35.4 Å². The summed E-state index contributed by atoms with van der Waals surface area (Å²) in [5, 5.41) is 3.33. The van der Waals surface area contributed by atoms with Gasteiger partial charge in [0.05, 0.1) is 18.2 Å². The van der Waals surface area contributed by atoms with Crippen molar-refractivity contribution in [3.63, 3.8) is 0 Å². The summed E-state index contributed by atoms with van der Waals surface area (Å²) in [6, 6.07) is 5.47. The molecule has 0 bridgehead atoms. The SMILES string of the molecule is FC(F)(F)c1ccc(CC2CN=C(C3CCCN3)O2)cc1. The highest BCUT2D eigenvalue weighted by atomic mass is 19.4. The Morgan fingerprint density at radius 2 is 2.00 bits per heavy atom. The molecule has 6 heteroatoms. The average molecular weight is 298 g/mol. The predicted molar refractivity (Wildman–Crippen MR) is 73.3 cm³/mol. The van der Waals surface area contributed by atoms with Crippen molar-refractivity contribution >= 4 is 5.90 Å². The van der Waals surface area contributed by atoms with Crippen LogP contribution in [0.4, 0.5) is 13.2 Å². The van der Waals surface area contributed by atoms with Crippen LogP contribution in [0.3, 0.4) is 0 Å². The Morgan fingerprint density at radius 1 is 1.24 bits per heavy atom. The zero-order valence-electron chi connectivity index (χ0n) is 11.5. The van der Waals surface area contributed by atoms with E-state index in [1.54, 1.807) is 0 Å². The maximum absolute atomic E-state index is 12.5. The van der Waals surface area contributed by atoms with Crippen LogP contribution in [0.15, 0.2) is 29.3 Å². The molecule has 2 aliphatic rings. The first-order valence-electron chi connectivity index (χ1n) is 7.13. The molecule has 0 aliphatic carbocycles. The van der Waals surface area contributed by atoms with Crippen LogP contribution >= 0.6 is 0 Å². The highest BCUT2D eigenvalue weighted by Crippen LogP contribution is 2.29. The third-order valence-electron chi connectivity index (χ3n) is 3.84. The van der Waals surface area contributed by atoms with Gasteiger partial charge in [-0.3, -0.25) is 4.99 Å². The van der Waals surface area contributed by atoms with Gasteiger partial charge in [-0.1, -0.05) is 12.1 Å². The summed E-state index contributed by atoms with van der Waals surface area (Å²) in [4.78, 5) is 4.40. The minimum Gasteiger partial charge on any atom is -0.474 e. The molecular weight excluding hydrogens is 281 g/mol. The Labute approximate surface area is 121 Å². The quantitative estimate of drug-likeness (QED) is 0.931. The molecule has 1 saturated heterocycles. The van der Waals surface area contributed by atoms with Gasteiger partial charge < -0.3 is 10.1 Å². The summed E-state index contributed by atoms with van der Waals surface area (Å²) >= 11 is 0. The normalized spacial score (nSPS) is 25.8. The summed E-state index contributed by atoms with van der Waals surface area (Å²) in [6.45, 7) is 1.56. The molecule has 2 aliphatic heterocycles. The molecule has 21 heavy (non-hydrogen) atoms.